The Hall–Kier alpha value is -2.99. The van der Waals surface area contributed by atoms with Crippen LogP contribution in [0.5, 0.6) is 11.5 Å². The molecule has 0 bridgehead atoms. The molecule has 1 aliphatic rings. The van der Waals surface area contributed by atoms with E-state index in [1.807, 2.05) is 30.3 Å². The van der Waals surface area contributed by atoms with Gasteiger partial charge in [-0.3, -0.25) is 0 Å². The molecule has 0 unspecified atom stereocenters. The van der Waals surface area contributed by atoms with Crippen molar-refractivity contribution in [1.29, 1.82) is 0 Å². The van der Waals surface area contributed by atoms with Gasteiger partial charge in [-0.2, -0.15) is 0 Å². The molecule has 1 aliphatic heterocycles. The summed E-state index contributed by atoms with van der Waals surface area (Å²) >= 11 is 18.4. The number of hydrogen-bond donors (Lipinski definition) is 0. The second-order valence-electron chi connectivity index (χ2n) is 6.77. The molecule has 0 amide bonds. The van der Waals surface area contributed by atoms with E-state index >= 15 is 0 Å². The minimum absolute atomic E-state index is 0.113. The molecule has 0 atom stereocenters. The normalized spacial score (nSPS) is 14.3. The van der Waals surface area contributed by atoms with E-state index in [2.05, 4.69) is 4.99 Å². The molecule has 0 spiro atoms. The van der Waals surface area contributed by atoms with Crippen LogP contribution in [-0.2, 0) is 16.1 Å². The van der Waals surface area contributed by atoms with E-state index in [0.717, 1.165) is 5.56 Å². The second kappa shape index (κ2) is 9.65. The first kappa shape index (κ1) is 22.2. The van der Waals surface area contributed by atoms with Gasteiger partial charge in [0.2, 0.25) is 5.90 Å². The maximum Gasteiger partial charge on any atom is 0.363 e. The van der Waals surface area contributed by atoms with E-state index in [9.17, 15) is 4.79 Å². The third-order valence-electron chi connectivity index (χ3n) is 4.57. The molecule has 0 radical (unpaired) electrons. The first-order valence-electron chi connectivity index (χ1n) is 9.47. The lowest BCUT2D eigenvalue weighted by Gasteiger charge is -2.13. The Bertz CT molecular complexity index is 1240. The number of rotatable bonds is 6. The van der Waals surface area contributed by atoms with E-state index in [1.54, 1.807) is 36.4 Å². The van der Waals surface area contributed by atoms with Crippen LogP contribution in [0.4, 0.5) is 0 Å². The van der Waals surface area contributed by atoms with Gasteiger partial charge in [0.25, 0.3) is 0 Å². The highest BCUT2D eigenvalue weighted by Gasteiger charge is 2.25. The van der Waals surface area contributed by atoms with E-state index in [4.69, 9.17) is 49.0 Å². The molecule has 0 saturated carbocycles. The van der Waals surface area contributed by atoms with Gasteiger partial charge in [0.05, 0.1) is 22.2 Å². The Balaban J connectivity index is 1.60. The Morgan fingerprint density at radius 1 is 0.969 bits per heavy atom. The molecule has 3 aromatic rings. The van der Waals surface area contributed by atoms with Crippen molar-refractivity contribution in [3.63, 3.8) is 0 Å². The largest absolute Gasteiger partial charge is 0.493 e. The van der Waals surface area contributed by atoms with E-state index in [0.29, 0.717) is 44.3 Å². The predicted molar refractivity (Wildman–Crippen MR) is 126 cm³/mol. The van der Waals surface area contributed by atoms with Gasteiger partial charge in [0, 0.05) is 5.56 Å². The third-order valence-corrected chi connectivity index (χ3v) is 5.59. The van der Waals surface area contributed by atoms with Crippen molar-refractivity contribution >= 4 is 52.7 Å². The number of nitrogens with zero attached hydrogens (tertiary/aromatic N) is 1. The maximum absolute atomic E-state index is 12.3. The van der Waals surface area contributed by atoms with Gasteiger partial charge in [-0.15, -0.1) is 0 Å². The van der Waals surface area contributed by atoms with Gasteiger partial charge in [0.1, 0.15) is 6.61 Å². The van der Waals surface area contributed by atoms with Crippen molar-refractivity contribution in [2.75, 3.05) is 7.11 Å². The summed E-state index contributed by atoms with van der Waals surface area (Å²) in [5, 5.41) is 1.07. The Morgan fingerprint density at radius 3 is 2.47 bits per heavy atom. The Kier molecular flexibility index (Phi) is 6.70. The predicted octanol–water partition coefficient (Wildman–Crippen LogP) is 6.58. The highest BCUT2D eigenvalue weighted by Crippen LogP contribution is 2.38. The van der Waals surface area contributed by atoms with Gasteiger partial charge in [-0.25, -0.2) is 9.79 Å². The maximum atomic E-state index is 12.3. The van der Waals surface area contributed by atoms with Crippen molar-refractivity contribution in [1.82, 2.24) is 0 Å². The zero-order valence-electron chi connectivity index (χ0n) is 16.8. The summed E-state index contributed by atoms with van der Waals surface area (Å²) in [6.07, 6.45) is 1.56. The Labute approximate surface area is 199 Å². The van der Waals surface area contributed by atoms with Gasteiger partial charge in [-0.05, 0) is 47.5 Å². The Morgan fingerprint density at radius 2 is 1.75 bits per heavy atom. The molecule has 162 valence electrons. The zero-order chi connectivity index (χ0) is 22.7. The van der Waals surface area contributed by atoms with Gasteiger partial charge < -0.3 is 14.2 Å². The van der Waals surface area contributed by atoms with Crippen LogP contribution in [0.3, 0.4) is 0 Å². The van der Waals surface area contributed by atoms with Crippen molar-refractivity contribution in [2.24, 2.45) is 4.99 Å². The molecule has 0 fully saturated rings. The number of carbonyl (C=O) groups is 1. The minimum atomic E-state index is -0.592. The highest BCUT2D eigenvalue weighted by atomic mass is 35.5. The molecular formula is C24H16Cl3NO4. The SMILES string of the molecule is COc1cc(/C=C2\N=C(c3ccc(Cl)c(Cl)c3)OC2=O)cc(Cl)c1OCc1ccccc1. The van der Waals surface area contributed by atoms with Crippen LogP contribution in [0.15, 0.2) is 71.4 Å². The average Bonchev–Trinajstić information content (AvgIpc) is 3.15. The standard InChI is InChI=1S/C24H16Cl3NO4/c1-30-21-11-15(9-19(27)22(21)31-13-14-5-3-2-4-6-14)10-20-24(29)32-23(28-20)16-7-8-17(25)18(26)12-16/h2-12H,13H2,1H3/b20-10-. The van der Waals surface area contributed by atoms with Crippen LogP contribution in [0.25, 0.3) is 6.08 Å². The lowest BCUT2D eigenvalue weighted by molar-refractivity contribution is -0.129. The number of halogens is 3. The molecule has 1 heterocycles. The number of ether oxygens (including phenoxy) is 3. The molecule has 0 saturated heterocycles. The summed E-state index contributed by atoms with van der Waals surface area (Å²) in [7, 11) is 1.52. The lowest BCUT2D eigenvalue weighted by Crippen LogP contribution is -2.05. The topological polar surface area (TPSA) is 57.1 Å². The van der Waals surface area contributed by atoms with Crippen molar-refractivity contribution in [3.8, 4) is 11.5 Å². The highest BCUT2D eigenvalue weighted by molar-refractivity contribution is 6.42. The smallest absolute Gasteiger partial charge is 0.363 e. The molecule has 3 aromatic carbocycles. The molecule has 32 heavy (non-hydrogen) atoms. The number of benzene rings is 3. The minimum Gasteiger partial charge on any atom is -0.493 e. The fourth-order valence-corrected chi connectivity index (χ4v) is 3.58. The van der Waals surface area contributed by atoms with E-state index < -0.39 is 5.97 Å². The van der Waals surface area contributed by atoms with Gasteiger partial charge >= 0.3 is 5.97 Å². The molecule has 4 rings (SSSR count). The number of aliphatic imine (C=N–C) groups is 1. The molecule has 5 nitrogen and oxygen atoms in total. The van der Waals surface area contributed by atoms with E-state index in [1.165, 1.54) is 7.11 Å². The van der Waals surface area contributed by atoms with Gasteiger partial charge in [0.15, 0.2) is 17.2 Å². The summed E-state index contributed by atoms with van der Waals surface area (Å²) < 4.78 is 16.6. The van der Waals surface area contributed by atoms with Crippen LogP contribution in [0.1, 0.15) is 16.7 Å². The summed E-state index contributed by atoms with van der Waals surface area (Å²) in [5.74, 6) is 0.390. The van der Waals surface area contributed by atoms with Crippen molar-refractivity contribution < 1.29 is 19.0 Å². The quantitative estimate of drug-likeness (QED) is 0.290. The first-order chi connectivity index (χ1) is 15.4. The monoisotopic (exact) mass is 487 g/mol. The van der Waals surface area contributed by atoms with Crippen molar-refractivity contribution in [2.45, 2.75) is 6.61 Å². The summed E-state index contributed by atoms with van der Waals surface area (Å²) in [5.41, 5.74) is 2.25. The fraction of sp³-hybridized carbons (Fsp3) is 0.0833. The van der Waals surface area contributed by atoms with Gasteiger partial charge in [-0.1, -0.05) is 65.1 Å². The lowest BCUT2D eigenvalue weighted by atomic mass is 10.1. The summed E-state index contributed by atoms with van der Waals surface area (Å²) in [4.78, 5) is 16.6. The zero-order valence-corrected chi connectivity index (χ0v) is 19.0. The van der Waals surface area contributed by atoms with Crippen molar-refractivity contribution in [3.05, 3.63) is 98.1 Å². The fourth-order valence-electron chi connectivity index (χ4n) is 3.01. The number of carbonyl (C=O) groups excluding carboxylic acids is 1. The number of esters is 1. The molecule has 8 heteroatoms. The number of cyclic esters (lactones) is 1. The number of hydrogen-bond acceptors (Lipinski definition) is 5. The van der Waals surface area contributed by atoms with Crippen LogP contribution in [0.2, 0.25) is 15.1 Å². The summed E-state index contributed by atoms with van der Waals surface area (Å²) in [6, 6.07) is 17.9. The van der Waals surface area contributed by atoms with E-state index in [-0.39, 0.29) is 11.6 Å². The third kappa shape index (κ3) is 4.91. The second-order valence-corrected chi connectivity index (χ2v) is 7.99. The summed E-state index contributed by atoms with van der Waals surface area (Å²) in [6.45, 7) is 0.334. The van der Waals surface area contributed by atoms with Crippen LogP contribution in [-0.4, -0.2) is 19.0 Å². The van der Waals surface area contributed by atoms with Crippen LogP contribution >= 0.6 is 34.8 Å². The molecule has 0 N–H and O–H groups in total. The molecule has 0 aliphatic carbocycles. The van der Waals surface area contributed by atoms with Crippen LogP contribution in [0, 0.1) is 0 Å². The first-order valence-corrected chi connectivity index (χ1v) is 10.6. The number of methoxy groups -OCH3 is 1. The van der Waals surface area contributed by atoms with Crippen LogP contribution < -0.4 is 9.47 Å². The molecule has 0 aromatic heterocycles. The average molecular weight is 489 g/mol. The molecular weight excluding hydrogens is 473 g/mol.